The average Bonchev–Trinajstić information content (AvgIpc) is 2.55. The molecule has 0 bridgehead atoms. The summed E-state index contributed by atoms with van der Waals surface area (Å²) in [7, 11) is 3.05. The van der Waals surface area contributed by atoms with E-state index in [-0.39, 0.29) is 17.4 Å². The molecule has 0 aliphatic carbocycles. The summed E-state index contributed by atoms with van der Waals surface area (Å²) in [5.41, 5.74) is 1.34. The molecule has 0 N–H and O–H groups in total. The van der Waals surface area contributed by atoms with Crippen LogP contribution in [0.5, 0.6) is 11.5 Å². The van der Waals surface area contributed by atoms with Crippen molar-refractivity contribution in [3.05, 3.63) is 57.2 Å². The molecule has 0 radical (unpaired) electrons. The van der Waals surface area contributed by atoms with Crippen LogP contribution in [0.15, 0.2) is 42.5 Å². The lowest BCUT2D eigenvalue weighted by Crippen LogP contribution is -2.26. The Bertz CT molecular complexity index is 725. The highest BCUT2D eigenvalue weighted by Crippen LogP contribution is 2.30. The van der Waals surface area contributed by atoms with Gasteiger partial charge in [-0.15, -0.1) is 0 Å². The van der Waals surface area contributed by atoms with Gasteiger partial charge in [-0.1, -0.05) is 12.1 Å². The highest BCUT2D eigenvalue weighted by molar-refractivity contribution is 14.1. The molecule has 0 unspecified atom stereocenters. The van der Waals surface area contributed by atoms with E-state index in [1.807, 2.05) is 12.1 Å². The first-order valence-electron chi connectivity index (χ1n) is 7.03. The molecule has 0 saturated heterocycles. The van der Waals surface area contributed by atoms with E-state index in [2.05, 4.69) is 27.3 Å². The normalized spacial score (nSPS) is 10.6. The molecule has 24 heavy (non-hydrogen) atoms. The number of methoxy groups -OCH3 is 1. The van der Waals surface area contributed by atoms with Crippen LogP contribution in [0, 0.1) is 3.57 Å². The molecular weight excluding hydrogens is 431 g/mol. The zero-order valence-electron chi connectivity index (χ0n) is 13.1. The summed E-state index contributed by atoms with van der Waals surface area (Å²) in [5.74, 6) is 0.0335. The second-order valence-corrected chi connectivity index (χ2v) is 6.28. The summed E-state index contributed by atoms with van der Waals surface area (Å²) in [4.78, 5) is 14.0. The molecule has 0 aromatic heterocycles. The van der Waals surface area contributed by atoms with Gasteiger partial charge in [0, 0.05) is 22.7 Å². The minimum atomic E-state index is -2.92. The van der Waals surface area contributed by atoms with Crippen molar-refractivity contribution in [2.24, 2.45) is 0 Å². The molecular formula is C17H16F2INO3. The fraction of sp³-hybridized carbons (Fsp3) is 0.235. The van der Waals surface area contributed by atoms with Gasteiger partial charge in [-0.05, 0) is 58.5 Å². The van der Waals surface area contributed by atoms with Gasteiger partial charge in [0.25, 0.3) is 5.91 Å². The molecule has 0 atom stereocenters. The van der Waals surface area contributed by atoms with Crippen molar-refractivity contribution in [2.75, 3.05) is 14.2 Å². The van der Waals surface area contributed by atoms with Crippen molar-refractivity contribution >= 4 is 28.5 Å². The van der Waals surface area contributed by atoms with Crippen LogP contribution in [-0.4, -0.2) is 31.6 Å². The molecule has 0 aliphatic heterocycles. The lowest BCUT2D eigenvalue weighted by molar-refractivity contribution is -0.0512. The monoisotopic (exact) mass is 447 g/mol. The van der Waals surface area contributed by atoms with Crippen LogP contribution < -0.4 is 9.47 Å². The van der Waals surface area contributed by atoms with Gasteiger partial charge in [0.1, 0.15) is 0 Å². The average molecular weight is 447 g/mol. The van der Waals surface area contributed by atoms with E-state index in [0.717, 1.165) is 9.13 Å². The molecule has 1 amide bonds. The second-order valence-electron chi connectivity index (χ2n) is 5.04. The van der Waals surface area contributed by atoms with E-state index < -0.39 is 6.61 Å². The first kappa shape index (κ1) is 18.4. The number of benzene rings is 2. The summed E-state index contributed by atoms with van der Waals surface area (Å²) in [5, 5.41) is 0. The number of carbonyl (C=O) groups is 1. The summed E-state index contributed by atoms with van der Waals surface area (Å²) in [6.45, 7) is -2.61. The number of halogens is 3. The quantitative estimate of drug-likeness (QED) is 0.625. The molecule has 4 nitrogen and oxygen atoms in total. The third-order valence-electron chi connectivity index (χ3n) is 3.28. The molecule has 7 heteroatoms. The van der Waals surface area contributed by atoms with E-state index in [9.17, 15) is 13.6 Å². The number of hydrogen-bond acceptors (Lipinski definition) is 3. The van der Waals surface area contributed by atoms with E-state index in [4.69, 9.17) is 4.74 Å². The maximum absolute atomic E-state index is 12.4. The number of rotatable bonds is 6. The summed E-state index contributed by atoms with van der Waals surface area (Å²) in [6.07, 6.45) is 0. The van der Waals surface area contributed by atoms with Gasteiger partial charge in [-0.2, -0.15) is 8.78 Å². The molecule has 0 aliphatic rings. The first-order valence-corrected chi connectivity index (χ1v) is 8.11. The topological polar surface area (TPSA) is 38.8 Å². The van der Waals surface area contributed by atoms with E-state index in [0.29, 0.717) is 12.1 Å². The second kappa shape index (κ2) is 8.27. The predicted octanol–water partition coefficient (Wildman–Crippen LogP) is 4.17. The third-order valence-corrected chi connectivity index (χ3v) is 3.95. The maximum atomic E-state index is 12.4. The summed E-state index contributed by atoms with van der Waals surface area (Å²) in [6, 6.07) is 11.9. The van der Waals surface area contributed by atoms with Gasteiger partial charge < -0.3 is 14.4 Å². The minimum absolute atomic E-state index is 0.0390. The van der Waals surface area contributed by atoms with Crippen LogP contribution in [0.4, 0.5) is 8.78 Å². The number of hydrogen-bond donors (Lipinski definition) is 0. The van der Waals surface area contributed by atoms with Crippen LogP contribution in [0.2, 0.25) is 0 Å². The molecule has 0 saturated carbocycles. The van der Waals surface area contributed by atoms with Crippen molar-refractivity contribution in [1.29, 1.82) is 0 Å². The SMILES string of the molecule is COc1cc(CN(C)C(=O)c2cccc(I)c2)ccc1OC(F)F. The number of alkyl halides is 2. The highest BCUT2D eigenvalue weighted by atomic mass is 127. The van der Waals surface area contributed by atoms with Crippen molar-refractivity contribution in [2.45, 2.75) is 13.2 Å². The molecule has 2 aromatic rings. The summed E-state index contributed by atoms with van der Waals surface area (Å²) >= 11 is 2.15. The number of carbonyl (C=O) groups excluding carboxylic acids is 1. The van der Waals surface area contributed by atoms with Crippen LogP contribution >= 0.6 is 22.6 Å². The lowest BCUT2D eigenvalue weighted by Gasteiger charge is -2.18. The van der Waals surface area contributed by atoms with Crippen molar-refractivity contribution < 1.29 is 23.0 Å². The van der Waals surface area contributed by atoms with E-state index in [1.54, 1.807) is 36.2 Å². The maximum Gasteiger partial charge on any atom is 0.387 e. The van der Waals surface area contributed by atoms with Gasteiger partial charge in [0.15, 0.2) is 11.5 Å². The zero-order chi connectivity index (χ0) is 17.7. The van der Waals surface area contributed by atoms with Gasteiger partial charge in [-0.3, -0.25) is 4.79 Å². The highest BCUT2D eigenvalue weighted by Gasteiger charge is 2.15. The predicted molar refractivity (Wildman–Crippen MR) is 94.6 cm³/mol. The molecule has 0 spiro atoms. The molecule has 0 heterocycles. The van der Waals surface area contributed by atoms with E-state index in [1.165, 1.54) is 13.2 Å². The number of amides is 1. The van der Waals surface area contributed by atoms with Crippen LogP contribution in [-0.2, 0) is 6.54 Å². The standard InChI is InChI=1S/C17H16F2INO3/c1-21(16(22)12-4-3-5-13(20)9-12)10-11-6-7-14(24-17(18)19)15(8-11)23-2/h3-9,17H,10H2,1-2H3. The van der Waals surface area contributed by atoms with Crippen molar-refractivity contribution in [1.82, 2.24) is 4.90 Å². The zero-order valence-corrected chi connectivity index (χ0v) is 15.3. The Balaban J connectivity index is 2.13. The Morgan fingerprint density at radius 2 is 1.96 bits per heavy atom. The third kappa shape index (κ3) is 4.80. The van der Waals surface area contributed by atoms with Crippen LogP contribution in [0.3, 0.4) is 0 Å². The van der Waals surface area contributed by atoms with Gasteiger partial charge in [0.05, 0.1) is 7.11 Å². The van der Waals surface area contributed by atoms with Crippen LogP contribution in [0.1, 0.15) is 15.9 Å². The Morgan fingerprint density at radius 1 is 1.21 bits per heavy atom. The Hall–Kier alpha value is -1.90. The fourth-order valence-electron chi connectivity index (χ4n) is 2.19. The van der Waals surface area contributed by atoms with Crippen molar-refractivity contribution in [3.63, 3.8) is 0 Å². The smallest absolute Gasteiger partial charge is 0.387 e. The number of nitrogens with zero attached hydrogens (tertiary/aromatic N) is 1. The Morgan fingerprint density at radius 3 is 2.58 bits per heavy atom. The molecule has 128 valence electrons. The van der Waals surface area contributed by atoms with Crippen LogP contribution in [0.25, 0.3) is 0 Å². The number of ether oxygens (including phenoxy) is 2. The van der Waals surface area contributed by atoms with Gasteiger partial charge in [0.2, 0.25) is 0 Å². The van der Waals surface area contributed by atoms with Gasteiger partial charge in [-0.25, -0.2) is 0 Å². The van der Waals surface area contributed by atoms with E-state index >= 15 is 0 Å². The fourth-order valence-corrected chi connectivity index (χ4v) is 2.73. The molecule has 2 aromatic carbocycles. The molecule has 0 fully saturated rings. The minimum Gasteiger partial charge on any atom is -0.493 e. The first-order chi connectivity index (χ1) is 11.4. The largest absolute Gasteiger partial charge is 0.493 e. The Labute approximate surface area is 152 Å². The lowest BCUT2D eigenvalue weighted by atomic mass is 10.1. The molecule has 2 rings (SSSR count). The Kier molecular flexibility index (Phi) is 6.36. The van der Waals surface area contributed by atoms with Gasteiger partial charge >= 0.3 is 6.61 Å². The summed E-state index contributed by atoms with van der Waals surface area (Å²) < 4.78 is 35.1. The van der Waals surface area contributed by atoms with Crippen molar-refractivity contribution in [3.8, 4) is 11.5 Å².